The minimum Gasteiger partial charge on any atom is -0.507 e. The molecular formula is C31H33NO6. The first-order valence-corrected chi connectivity index (χ1v) is 12.7. The number of rotatable bonds is 10. The smallest absolute Gasteiger partial charge is 0.295 e. The molecule has 0 aliphatic carbocycles. The third kappa shape index (κ3) is 5.83. The van der Waals surface area contributed by atoms with Crippen LogP contribution in [0.4, 0.5) is 0 Å². The predicted octanol–water partition coefficient (Wildman–Crippen LogP) is 5.89. The lowest BCUT2D eigenvalue weighted by atomic mass is 9.95. The van der Waals surface area contributed by atoms with Crippen LogP contribution in [0.1, 0.15) is 49.9 Å². The lowest BCUT2D eigenvalue weighted by Crippen LogP contribution is -2.29. The van der Waals surface area contributed by atoms with Crippen LogP contribution in [0.2, 0.25) is 0 Å². The number of methoxy groups -OCH3 is 1. The van der Waals surface area contributed by atoms with Crippen molar-refractivity contribution in [1.82, 2.24) is 4.90 Å². The van der Waals surface area contributed by atoms with Gasteiger partial charge in [0.25, 0.3) is 11.7 Å². The number of nitrogens with zero attached hydrogens (tertiary/aromatic N) is 1. The van der Waals surface area contributed by atoms with Crippen LogP contribution >= 0.6 is 0 Å². The topological polar surface area (TPSA) is 85.3 Å². The van der Waals surface area contributed by atoms with E-state index in [4.69, 9.17) is 14.2 Å². The molecule has 0 aromatic heterocycles. The highest BCUT2D eigenvalue weighted by molar-refractivity contribution is 6.46. The molecule has 1 heterocycles. The number of ketones is 1. The molecule has 1 unspecified atom stereocenters. The van der Waals surface area contributed by atoms with Gasteiger partial charge in [0.1, 0.15) is 23.0 Å². The summed E-state index contributed by atoms with van der Waals surface area (Å²) in [7, 11) is 1.55. The zero-order valence-electron chi connectivity index (χ0n) is 22.1. The van der Waals surface area contributed by atoms with Crippen molar-refractivity contribution in [3.8, 4) is 17.2 Å². The van der Waals surface area contributed by atoms with E-state index in [9.17, 15) is 14.7 Å². The molecule has 3 aromatic carbocycles. The van der Waals surface area contributed by atoms with Crippen LogP contribution in [0.15, 0.2) is 78.4 Å². The molecule has 3 aromatic rings. The molecule has 4 rings (SSSR count). The second-order valence-electron chi connectivity index (χ2n) is 9.39. The van der Waals surface area contributed by atoms with Crippen molar-refractivity contribution in [1.29, 1.82) is 0 Å². The van der Waals surface area contributed by atoms with Gasteiger partial charge < -0.3 is 24.2 Å². The number of aliphatic hydroxyl groups is 1. The number of amides is 1. The summed E-state index contributed by atoms with van der Waals surface area (Å²) in [4.78, 5) is 28.2. The molecule has 198 valence electrons. The second-order valence-corrected chi connectivity index (χ2v) is 9.39. The van der Waals surface area contributed by atoms with Crippen molar-refractivity contribution in [3.05, 3.63) is 95.1 Å². The van der Waals surface area contributed by atoms with Crippen LogP contribution in [0.3, 0.4) is 0 Å². The fourth-order valence-electron chi connectivity index (χ4n) is 4.43. The van der Waals surface area contributed by atoms with E-state index in [1.54, 1.807) is 49.6 Å². The molecule has 7 nitrogen and oxygen atoms in total. The minimum atomic E-state index is -0.798. The van der Waals surface area contributed by atoms with Crippen LogP contribution < -0.4 is 14.2 Å². The Kier molecular flexibility index (Phi) is 8.36. The van der Waals surface area contributed by atoms with Gasteiger partial charge in [-0.25, -0.2) is 0 Å². The van der Waals surface area contributed by atoms with Gasteiger partial charge in [0.05, 0.1) is 31.4 Å². The quantitative estimate of drug-likeness (QED) is 0.206. The van der Waals surface area contributed by atoms with E-state index >= 15 is 0 Å². The van der Waals surface area contributed by atoms with Crippen molar-refractivity contribution < 1.29 is 28.9 Å². The number of benzene rings is 3. The second kappa shape index (κ2) is 11.9. The van der Waals surface area contributed by atoms with Gasteiger partial charge in [0.2, 0.25) is 0 Å². The van der Waals surface area contributed by atoms with Crippen LogP contribution in [0, 0.1) is 0 Å². The zero-order valence-corrected chi connectivity index (χ0v) is 22.1. The minimum absolute atomic E-state index is 0.0326. The Labute approximate surface area is 223 Å². The van der Waals surface area contributed by atoms with Gasteiger partial charge in [-0.05, 0) is 79.9 Å². The van der Waals surface area contributed by atoms with Crippen LogP contribution in [0.25, 0.3) is 5.76 Å². The maximum Gasteiger partial charge on any atom is 0.295 e. The van der Waals surface area contributed by atoms with E-state index < -0.39 is 17.7 Å². The van der Waals surface area contributed by atoms with Gasteiger partial charge in [-0.3, -0.25) is 9.59 Å². The Morgan fingerprint density at radius 1 is 0.947 bits per heavy atom. The van der Waals surface area contributed by atoms with Gasteiger partial charge in [0.15, 0.2) is 0 Å². The van der Waals surface area contributed by atoms with Gasteiger partial charge in [0, 0.05) is 12.1 Å². The summed E-state index contributed by atoms with van der Waals surface area (Å²) in [5.41, 5.74) is 1.95. The van der Waals surface area contributed by atoms with Crippen LogP contribution in [0.5, 0.6) is 17.2 Å². The fraction of sp³-hybridized carbons (Fsp3) is 0.290. The van der Waals surface area contributed by atoms with Crippen molar-refractivity contribution in [2.75, 3.05) is 13.7 Å². The first-order valence-electron chi connectivity index (χ1n) is 12.7. The monoisotopic (exact) mass is 515 g/mol. The van der Waals surface area contributed by atoms with E-state index in [-0.39, 0.29) is 24.0 Å². The molecule has 0 spiro atoms. The first kappa shape index (κ1) is 26.8. The molecule has 1 atom stereocenters. The summed E-state index contributed by atoms with van der Waals surface area (Å²) >= 11 is 0. The lowest BCUT2D eigenvalue weighted by Gasteiger charge is -2.26. The molecule has 1 saturated heterocycles. The van der Waals surface area contributed by atoms with E-state index in [0.29, 0.717) is 29.2 Å². The number of aliphatic hydroxyl groups excluding tert-OH is 1. The standard InChI is InChI=1S/C31H33NO6/c1-5-17-37-24-15-11-22(12-16-24)29(33)27-28(23-7-6-8-26(18-23)36-4)32(31(35)30(27)34)19-21-9-13-25(14-10-21)38-20(2)3/h6-16,18,20,28,33H,5,17,19H2,1-4H3/b29-27-. The molecule has 1 amide bonds. The summed E-state index contributed by atoms with van der Waals surface area (Å²) in [5.74, 6) is 0.327. The van der Waals surface area contributed by atoms with Crippen LogP contribution in [-0.4, -0.2) is 41.5 Å². The highest BCUT2D eigenvalue weighted by Crippen LogP contribution is 2.41. The Bertz CT molecular complexity index is 1310. The largest absolute Gasteiger partial charge is 0.507 e. The van der Waals surface area contributed by atoms with Gasteiger partial charge in [-0.15, -0.1) is 0 Å². The summed E-state index contributed by atoms with van der Waals surface area (Å²) in [6.07, 6.45) is 0.915. The molecule has 0 bridgehead atoms. The number of Topliss-reactive ketones (excluding diaryl/α,β-unsaturated/α-hetero) is 1. The molecular weight excluding hydrogens is 482 g/mol. The highest BCUT2D eigenvalue weighted by atomic mass is 16.5. The number of hydrogen-bond acceptors (Lipinski definition) is 6. The Morgan fingerprint density at radius 2 is 1.63 bits per heavy atom. The zero-order chi connectivity index (χ0) is 27.2. The van der Waals surface area contributed by atoms with Crippen molar-refractivity contribution >= 4 is 17.4 Å². The summed E-state index contributed by atoms with van der Waals surface area (Å²) < 4.78 is 16.8. The number of ether oxygens (including phenoxy) is 3. The van der Waals surface area contributed by atoms with Gasteiger partial charge in [-0.2, -0.15) is 0 Å². The Balaban J connectivity index is 1.74. The fourth-order valence-corrected chi connectivity index (χ4v) is 4.43. The third-order valence-electron chi connectivity index (χ3n) is 6.20. The molecule has 38 heavy (non-hydrogen) atoms. The molecule has 1 fully saturated rings. The Morgan fingerprint density at radius 3 is 2.26 bits per heavy atom. The normalized spacial score (nSPS) is 16.7. The molecule has 0 saturated carbocycles. The molecule has 0 radical (unpaired) electrons. The summed E-state index contributed by atoms with van der Waals surface area (Å²) in [6, 6.07) is 20.7. The van der Waals surface area contributed by atoms with E-state index in [1.807, 2.05) is 51.1 Å². The number of carbonyl (C=O) groups is 2. The average Bonchev–Trinajstić information content (AvgIpc) is 3.17. The molecule has 1 N–H and O–H groups in total. The number of likely N-dealkylation sites (tertiary alicyclic amines) is 1. The first-order chi connectivity index (χ1) is 18.3. The van der Waals surface area contributed by atoms with Crippen molar-refractivity contribution in [2.24, 2.45) is 0 Å². The number of hydrogen-bond donors (Lipinski definition) is 1. The van der Waals surface area contributed by atoms with Crippen LogP contribution in [-0.2, 0) is 16.1 Å². The third-order valence-corrected chi connectivity index (χ3v) is 6.20. The SMILES string of the molecule is CCCOc1ccc(/C(O)=C2/C(=O)C(=O)N(Cc3ccc(OC(C)C)cc3)C2c2cccc(OC)c2)cc1. The summed E-state index contributed by atoms with van der Waals surface area (Å²) in [5, 5.41) is 11.3. The van der Waals surface area contributed by atoms with Gasteiger partial charge in [-0.1, -0.05) is 31.2 Å². The van der Waals surface area contributed by atoms with E-state index in [0.717, 1.165) is 17.7 Å². The Hall–Kier alpha value is -4.26. The van der Waals surface area contributed by atoms with Crippen molar-refractivity contribution in [3.63, 3.8) is 0 Å². The number of carbonyl (C=O) groups excluding carboxylic acids is 2. The lowest BCUT2D eigenvalue weighted by molar-refractivity contribution is -0.140. The maximum atomic E-state index is 13.4. The summed E-state index contributed by atoms with van der Waals surface area (Å²) in [6.45, 7) is 6.68. The molecule has 1 aliphatic rings. The van der Waals surface area contributed by atoms with E-state index in [1.165, 1.54) is 4.90 Å². The van der Waals surface area contributed by atoms with Gasteiger partial charge >= 0.3 is 0 Å². The predicted molar refractivity (Wildman–Crippen MR) is 145 cm³/mol. The molecule has 1 aliphatic heterocycles. The van der Waals surface area contributed by atoms with E-state index in [2.05, 4.69) is 0 Å². The van der Waals surface area contributed by atoms with Crippen molar-refractivity contribution in [2.45, 2.75) is 45.9 Å². The highest BCUT2D eigenvalue weighted by Gasteiger charge is 2.46. The maximum absolute atomic E-state index is 13.4. The average molecular weight is 516 g/mol. The molecule has 7 heteroatoms.